The molecule has 1 aromatic heterocycles. The molecule has 2 N–H and O–H groups in total. The first-order valence-corrected chi connectivity index (χ1v) is 6.42. The third-order valence-electron chi connectivity index (χ3n) is 3.77. The van der Waals surface area contributed by atoms with Crippen LogP contribution in [0.25, 0.3) is 10.9 Å². The van der Waals surface area contributed by atoms with Crippen molar-refractivity contribution in [3.63, 3.8) is 0 Å². The van der Waals surface area contributed by atoms with E-state index in [1.54, 1.807) is 0 Å². The van der Waals surface area contributed by atoms with Gasteiger partial charge in [0.05, 0.1) is 6.61 Å². The van der Waals surface area contributed by atoms with Gasteiger partial charge in [-0.3, -0.25) is 0 Å². The first-order chi connectivity index (χ1) is 7.73. The normalized spacial score (nSPS) is 18.6. The Kier molecular flexibility index (Phi) is 2.33. The number of H-pyrrole nitrogens is 1. The Morgan fingerprint density at radius 3 is 2.75 bits per heavy atom. The maximum absolute atomic E-state index is 9.54. The fourth-order valence-corrected chi connectivity index (χ4v) is 2.88. The van der Waals surface area contributed by atoms with Gasteiger partial charge in [-0.25, -0.2) is 0 Å². The van der Waals surface area contributed by atoms with Crippen LogP contribution in [0, 0.1) is 0 Å². The molecule has 1 aliphatic carbocycles. The summed E-state index contributed by atoms with van der Waals surface area (Å²) in [6.45, 7) is 0.251. The molecule has 0 saturated heterocycles. The fraction of sp³-hybridized carbons (Fsp3) is 0.385. The van der Waals surface area contributed by atoms with E-state index in [1.807, 2.05) is 6.07 Å². The van der Waals surface area contributed by atoms with E-state index in [9.17, 15) is 5.11 Å². The topological polar surface area (TPSA) is 36.0 Å². The SMILES string of the molecule is OCC1(c2cc3cc(Br)ccc3[nH]2)CCC1. The van der Waals surface area contributed by atoms with Crippen LogP contribution in [0.4, 0.5) is 0 Å². The van der Waals surface area contributed by atoms with Crippen molar-refractivity contribution in [3.8, 4) is 0 Å². The molecule has 0 bridgehead atoms. The van der Waals surface area contributed by atoms with Gasteiger partial charge in [0.2, 0.25) is 0 Å². The Bertz CT molecular complexity index is 522. The Hall–Kier alpha value is -0.800. The number of aliphatic hydroxyl groups excluding tert-OH is 1. The Balaban J connectivity index is 2.11. The van der Waals surface area contributed by atoms with E-state index in [4.69, 9.17) is 0 Å². The van der Waals surface area contributed by atoms with Crippen LogP contribution in [0.5, 0.6) is 0 Å². The summed E-state index contributed by atoms with van der Waals surface area (Å²) in [7, 11) is 0. The number of hydrogen-bond donors (Lipinski definition) is 2. The van der Waals surface area contributed by atoms with Gasteiger partial charge in [0.25, 0.3) is 0 Å². The van der Waals surface area contributed by atoms with Crippen molar-refractivity contribution in [1.82, 2.24) is 4.98 Å². The second-order valence-corrected chi connectivity index (χ2v) is 5.62. The summed E-state index contributed by atoms with van der Waals surface area (Å²) in [4.78, 5) is 3.44. The highest BCUT2D eigenvalue weighted by Crippen LogP contribution is 2.43. The summed E-state index contributed by atoms with van der Waals surface area (Å²) in [5, 5.41) is 10.8. The van der Waals surface area contributed by atoms with Crippen molar-refractivity contribution in [2.75, 3.05) is 6.61 Å². The van der Waals surface area contributed by atoms with Crippen LogP contribution in [0.3, 0.4) is 0 Å². The Labute approximate surface area is 103 Å². The second-order valence-electron chi connectivity index (χ2n) is 4.71. The van der Waals surface area contributed by atoms with Gasteiger partial charge in [-0.05, 0) is 37.1 Å². The molecule has 1 aromatic carbocycles. The number of aliphatic hydroxyl groups is 1. The molecule has 2 aromatic rings. The molecule has 84 valence electrons. The van der Waals surface area contributed by atoms with Crippen molar-refractivity contribution in [2.24, 2.45) is 0 Å². The van der Waals surface area contributed by atoms with Crippen molar-refractivity contribution < 1.29 is 5.11 Å². The van der Waals surface area contributed by atoms with Crippen LogP contribution < -0.4 is 0 Å². The molecule has 1 fully saturated rings. The number of hydrogen-bond acceptors (Lipinski definition) is 1. The molecular formula is C13H14BrNO. The molecule has 2 nitrogen and oxygen atoms in total. The molecule has 1 aliphatic rings. The lowest BCUT2D eigenvalue weighted by molar-refractivity contribution is 0.117. The zero-order chi connectivity index (χ0) is 11.2. The van der Waals surface area contributed by atoms with Crippen LogP contribution in [0.2, 0.25) is 0 Å². The van der Waals surface area contributed by atoms with Gasteiger partial charge in [0.1, 0.15) is 0 Å². The number of aromatic amines is 1. The van der Waals surface area contributed by atoms with E-state index < -0.39 is 0 Å². The van der Waals surface area contributed by atoms with Crippen molar-refractivity contribution in [2.45, 2.75) is 24.7 Å². The molecule has 0 unspecified atom stereocenters. The number of nitrogens with one attached hydrogen (secondary N) is 1. The van der Waals surface area contributed by atoms with Crippen molar-refractivity contribution in [1.29, 1.82) is 0 Å². The number of fused-ring (bicyclic) bond motifs is 1. The summed E-state index contributed by atoms with van der Waals surface area (Å²) in [5.74, 6) is 0. The van der Waals surface area contributed by atoms with Gasteiger partial charge < -0.3 is 10.1 Å². The third-order valence-corrected chi connectivity index (χ3v) is 4.26. The largest absolute Gasteiger partial charge is 0.395 e. The summed E-state index contributed by atoms with van der Waals surface area (Å²) in [5.41, 5.74) is 2.35. The molecule has 0 amide bonds. The van der Waals surface area contributed by atoms with Gasteiger partial charge in [0, 0.05) is 26.5 Å². The average molecular weight is 280 g/mol. The van der Waals surface area contributed by atoms with Crippen LogP contribution >= 0.6 is 15.9 Å². The molecule has 1 heterocycles. The minimum Gasteiger partial charge on any atom is -0.395 e. The highest BCUT2D eigenvalue weighted by molar-refractivity contribution is 9.10. The zero-order valence-electron chi connectivity index (χ0n) is 8.96. The third kappa shape index (κ3) is 1.42. The van der Waals surface area contributed by atoms with E-state index in [-0.39, 0.29) is 12.0 Å². The summed E-state index contributed by atoms with van der Waals surface area (Å²) in [6.07, 6.45) is 3.41. The molecule has 0 radical (unpaired) electrons. The van der Waals surface area contributed by atoms with Crippen LogP contribution in [-0.4, -0.2) is 16.7 Å². The summed E-state index contributed by atoms with van der Waals surface area (Å²) >= 11 is 3.48. The van der Waals surface area contributed by atoms with E-state index in [2.05, 4.69) is 39.1 Å². The predicted molar refractivity (Wildman–Crippen MR) is 68.6 cm³/mol. The number of rotatable bonds is 2. The van der Waals surface area contributed by atoms with E-state index in [0.717, 1.165) is 22.8 Å². The highest BCUT2D eigenvalue weighted by atomic mass is 79.9. The molecule has 16 heavy (non-hydrogen) atoms. The van der Waals surface area contributed by atoms with Crippen LogP contribution in [-0.2, 0) is 5.41 Å². The first-order valence-electron chi connectivity index (χ1n) is 5.63. The van der Waals surface area contributed by atoms with E-state index in [0.29, 0.717) is 0 Å². The number of benzene rings is 1. The maximum Gasteiger partial charge on any atom is 0.0542 e. The quantitative estimate of drug-likeness (QED) is 0.869. The average Bonchev–Trinajstić information content (AvgIpc) is 2.60. The highest BCUT2D eigenvalue weighted by Gasteiger charge is 2.39. The maximum atomic E-state index is 9.54. The predicted octanol–water partition coefficient (Wildman–Crippen LogP) is 3.34. The lowest BCUT2D eigenvalue weighted by atomic mass is 9.67. The molecule has 0 spiro atoms. The first kappa shape index (κ1) is 10.4. The van der Waals surface area contributed by atoms with Gasteiger partial charge in [-0.2, -0.15) is 0 Å². The monoisotopic (exact) mass is 279 g/mol. The smallest absolute Gasteiger partial charge is 0.0542 e. The standard InChI is InChI=1S/C13H14BrNO/c14-10-2-3-11-9(6-10)7-12(15-11)13(8-16)4-1-5-13/h2-3,6-7,15-16H,1,4-5,8H2. The lowest BCUT2D eigenvalue weighted by Crippen LogP contribution is -2.38. The van der Waals surface area contributed by atoms with E-state index >= 15 is 0 Å². The Morgan fingerprint density at radius 1 is 1.31 bits per heavy atom. The van der Waals surface area contributed by atoms with Crippen molar-refractivity contribution >= 4 is 26.8 Å². The minimum atomic E-state index is 0.00545. The molecule has 0 atom stereocenters. The van der Waals surface area contributed by atoms with E-state index in [1.165, 1.54) is 17.5 Å². The molecule has 3 rings (SSSR count). The van der Waals surface area contributed by atoms with Gasteiger partial charge in [0.15, 0.2) is 0 Å². The second kappa shape index (κ2) is 3.60. The Morgan fingerprint density at radius 2 is 2.12 bits per heavy atom. The molecule has 3 heteroatoms. The zero-order valence-corrected chi connectivity index (χ0v) is 10.5. The van der Waals surface area contributed by atoms with Crippen LogP contribution in [0.15, 0.2) is 28.7 Å². The fourth-order valence-electron chi connectivity index (χ4n) is 2.51. The molecule has 1 saturated carbocycles. The summed E-state index contributed by atoms with van der Waals surface area (Å²) in [6, 6.07) is 8.40. The van der Waals surface area contributed by atoms with Crippen molar-refractivity contribution in [3.05, 3.63) is 34.4 Å². The van der Waals surface area contributed by atoms with Crippen LogP contribution in [0.1, 0.15) is 25.0 Å². The summed E-state index contributed by atoms with van der Waals surface area (Å²) < 4.78 is 1.09. The number of aromatic nitrogens is 1. The molecule has 0 aliphatic heterocycles. The lowest BCUT2D eigenvalue weighted by Gasteiger charge is -2.39. The van der Waals surface area contributed by atoms with Gasteiger partial charge in [-0.15, -0.1) is 0 Å². The number of halogens is 1. The molecular weight excluding hydrogens is 266 g/mol. The van der Waals surface area contributed by atoms with Gasteiger partial charge >= 0.3 is 0 Å². The van der Waals surface area contributed by atoms with Gasteiger partial charge in [-0.1, -0.05) is 22.4 Å². The minimum absolute atomic E-state index is 0.00545.